The quantitative estimate of drug-likeness (QED) is 0.519. The summed E-state index contributed by atoms with van der Waals surface area (Å²) in [6.45, 7) is -0.116. The highest BCUT2D eigenvalue weighted by molar-refractivity contribution is 5.72. The van der Waals surface area contributed by atoms with Gasteiger partial charge >= 0.3 is 0 Å². The van der Waals surface area contributed by atoms with E-state index in [-0.39, 0.29) is 6.61 Å². The van der Waals surface area contributed by atoms with Crippen LogP contribution >= 0.6 is 0 Å². The Morgan fingerprint density at radius 1 is 1.55 bits per heavy atom. The van der Waals surface area contributed by atoms with Crippen LogP contribution in [0, 0.1) is 0 Å². The highest BCUT2D eigenvalue weighted by Crippen LogP contribution is 2.08. The first-order valence-electron chi connectivity index (χ1n) is 3.18. The monoisotopic (exact) mass is 152 g/mol. The molecule has 0 amide bonds. The number of carbonyl (C=O) groups excluding carboxylic acids is 1. The van der Waals surface area contributed by atoms with Crippen molar-refractivity contribution < 1.29 is 14.3 Å². The summed E-state index contributed by atoms with van der Waals surface area (Å²) < 4.78 is 5.04. The molecule has 58 valence electrons. The second-order valence-corrected chi connectivity index (χ2v) is 1.96. The van der Waals surface area contributed by atoms with Gasteiger partial charge in [0.1, 0.15) is 24.4 Å². The molecule has 3 heteroatoms. The van der Waals surface area contributed by atoms with Gasteiger partial charge < -0.3 is 9.52 Å². The number of aliphatic hydroxyl groups excluding tert-OH is 1. The molecule has 0 bridgehead atoms. The molecule has 0 fully saturated rings. The number of furan rings is 1. The number of aliphatic hydroxyl groups is 1. The van der Waals surface area contributed by atoms with Crippen molar-refractivity contribution in [1.82, 2.24) is 0 Å². The number of allylic oxidation sites excluding steroid dienone is 1. The van der Waals surface area contributed by atoms with Gasteiger partial charge in [-0.2, -0.15) is 0 Å². The highest BCUT2D eigenvalue weighted by atomic mass is 16.4. The molecule has 0 aliphatic carbocycles. The predicted octanol–water partition coefficient (Wildman–Crippen LogP) is 0.984. The van der Waals surface area contributed by atoms with Crippen LogP contribution < -0.4 is 0 Å². The summed E-state index contributed by atoms with van der Waals surface area (Å²) in [5, 5.41) is 8.59. The molecular formula is C8H8O3. The summed E-state index contributed by atoms with van der Waals surface area (Å²) >= 11 is 0. The smallest absolute Gasteiger partial charge is 0.142 e. The first-order chi connectivity index (χ1) is 5.36. The lowest BCUT2D eigenvalue weighted by Gasteiger charge is -1.84. The molecule has 1 rings (SSSR count). The van der Waals surface area contributed by atoms with E-state index in [1.165, 1.54) is 12.2 Å². The fourth-order valence-electron chi connectivity index (χ4n) is 0.703. The van der Waals surface area contributed by atoms with Crippen molar-refractivity contribution in [3.05, 3.63) is 29.7 Å². The van der Waals surface area contributed by atoms with Gasteiger partial charge in [-0.25, -0.2) is 0 Å². The first-order valence-corrected chi connectivity index (χ1v) is 3.18. The van der Waals surface area contributed by atoms with Crippen LogP contribution in [0.3, 0.4) is 0 Å². The molecule has 0 atom stereocenters. The molecule has 0 aliphatic rings. The van der Waals surface area contributed by atoms with Crippen LogP contribution in [0.25, 0.3) is 6.08 Å². The summed E-state index contributed by atoms with van der Waals surface area (Å²) in [4.78, 5) is 9.88. The van der Waals surface area contributed by atoms with E-state index >= 15 is 0 Å². The molecule has 1 N–H and O–H groups in total. The minimum atomic E-state index is -0.116. The average Bonchev–Trinajstić information content (AvgIpc) is 2.48. The van der Waals surface area contributed by atoms with Crippen molar-refractivity contribution in [2.45, 2.75) is 6.61 Å². The maximum absolute atomic E-state index is 9.88. The SMILES string of the molecule is O=C/C=C/c1ccc(CO)o1. The molecule has 0 spiro atoms. The molecule has 1 aromatic rings. The Hall–Kier alpha value is -1.35. The van der Waals surface area contributed by atoms with Crippen molar-refractivity contribution in [3.8, 4) is 0 Å². The molecule has 0 aromatic carbocycles. The average molecular weight is 152 g/mol. The van der Waals surface area contributed by atoms with Crippen molar-refractivity contribution >= 4 is 12.4 Å². The minimum Gasteiger partial charge on any atom is -0.459 e. The lowest BCUT2D eigenvalue weighted by Crippen LogP contribution is -1.73. The molecule has 0 unspecified atom stereocenters. The van der Waals surface area contributed by atoms with E-state index < -0.39 is 0 Å². The van der Waals surface area contributed by atoms with Gasteiger partial charge in [0.05, 0.1) is 0 Å². The Balaban J connectivity index is 2.72. The normalized spacial score (nSPS) is 10.6. The van der Waals surface area contributed by atoms with E-state index in [4.69, 9.17) is 9.52 Å². The zero-order valence-corrected chi connectivity index (χ0v) is 5.86. The summed E-state index contributed by atoms with van der Waals surface area (Å²) in [6.07, 6.45) is 3.54. The zero-order valence-electron chi connectivity index (χ0n) is 5.86. The van der Waals surface area contributed by atoms with Crippen molar-refractivity contribution in [3.63, 3.8) is 0 Å². The molecule has 1 aromatic heterocycles. The molecule has 3 nitrogen and oxygen atoms in total. The Labute approximate surface area is 64.0 Å². The highest BCUT2D eigenvalue weighted by Gasteiger charge is 1.95. The molecular weight excluding hydrogens is 144 g/mol. The Morgan fingerprint density at radius 3 is 2.91 bits per heavy atom. The second-order valence-electron chi connectivity index (χ2n) is 1.96. The number of rotatable bonds is 3. The van der Waals surface area contributed by atoms with Gasteiger partial charge in [-0.3, -0.25) is 4.79 Å². The van der Waals surface area contributed by atoms with Gasteiger partial charge in [0.2, 0.25) is 0 Å². The number of aldehydes is 1. The molecule has 1 heterocycles. The minimum absolute atomic E-state index is 0.116. The Kier molecular flexibility index (Phi) is 2.63. The van der Waals surface area contributed by atoms with Crippen LogP contribution in [0.1, 0.15) is 11.5 Å². The third kappa shape index (κ3) is 2.05. The van der Waals surface area contributed by atoms with E-state index in [9.17, 15) is 4.79 Å². The van der Waals surface area contributed by atoms with E-state index in [2.05, 4.69) is 0 Å². The predicted molar refractivity (Wildman–Crippen MR) is 39.7 cm³/mol. The number of hydrogen-bond acceptors (Lipinski definition) is 3. The van der Waals surface area contributed by atoms with Crippen molar-refractivity contribution in [1.29, 1.82) is 0 Å². The standard InChI is InChI=1S/C8H8O3/c9-5-1-2-7-3-4-8(6-10)11-7/h1-5,10H,6H2/b2-1+. The van der Waals surface area contributed by atoms with Crippen LogP contribution in [0.15, 0.2) is 22.6 Å². The van der Waals surface area contributed by atoms with Gasteiger partial charge in [0.25, 0.3) is 0 Å². The fraction of sp³-hybridized carbons (Fsp3) is 0.125. The molecule has 0 saturated carbocycles. The topological polar surface area (TPSA) is 50.4 Å². The molecule has 11 heavy (non-hydrogen) atoms. The van der Waals surface area contributed by atoms with Crippen LogP contribution in [0.5, 0.6) is 0 Å². The van der Waals surface area contributed by atoms with Crippen LogP contribution in [-0.2, 0) is 11.4 Å². The Morgan fingerprint density at radius 2 is 2.36 bits per heavy atom. The summed E-state index contributed by atoms with van der Waals surface area (Å²) in [5.74, 6) is 1.07. The lowest BCUT2D eigenvalue weighted by atomic mass is 10.4. The number of carbonyl (C=O) groups is 1. The van der Waals surface area contributed by atoms with E-state index in [1.807, 2.05) is 0 Å². The van der Waals surface area contributed by atoms with Gasteiger partial charge in [-0.15, -0.1) is 0 Å². The summed E-state index contributed by atoms with van der Waals surface area (Å²) in [6, 6.07) is 3.34. The van der Waals surface area contributed by atoms with Crippen LogP contribution in [0.2, 0.25) is 0 Å². The third-order valence-corrected chi connectivity index (χ3v) is 1.18. The van der Waals surface area contributed by atoms with Gasteiger partial charge in [-0.05, 0) is 24.3 Å². The van der Waals surface area contributed by atoms with E-state index in [1.54, 1.807) is 12.1 Å². The lowest BCUT2D eigenvalue weighted by molar-refractivity contribution is -0.104. The molecule has 0 aliphatic heterocycles. The maximum Gasteiger partial charge on any atom is 0.142 e. The fourth-order valence-corrected chi connectivity index (χ4v) is 0.703. The molecule has 0 radical (unpaired) electrons. The van der Waals surface area contributed by atoms with E-state index in [0.29, 0.717) is 17.8 Å². The maximum atomic E-state index is 9.88. The van der Waals surface area contributed by atoms with Gasteiger partial charge in [0.15, 0.2) is 0 Å². The van der Waals surface area contributed by atoms with Crippen LogP contribution in [0.4, 0.5) is 0 Å². The van der Waals surface area contributed by atoms with Gasteiger partial charge in [0, 0.05) is 0 Å². The van der Waals surface area contributed by atoms with Crippen LogP contribution in [-0.4, -0.2) is 11.4 Å². The third-order valence-electron chi connectivity index (χ3n) is 1.18. The Bertz CT molecular complexity index is 260. The van der Waals surface area contributed by atoms with E-state index in [0.717, 1.165) is 0 Å². The zero-order chi connectivity index (χ0) is 8.10. The molecule has 0 saturated heterocycles. The second kappa shape index (κ2) is 3.73. The summed E-state index contributed by atoms with van der Waals surface area (Å²) in [7, 11) is 0. The largest absolute Gasteiger partial charge is 0.459 e. The summed E-state index contributed by atoms with van der Waals surface area (Å²) in [5.41, 5.74) is 0. The van der Waals surface area contributed by atoms with Crippen molar-refractivity contribution in [2.75, 3.05) is 0 Å². The van der Waals surface area contributed by atoms with Crippen molar-refractivity contribution in [2.24, 2.45) is 0 Å². The number of hydrogen-bond donors (Lipinski definition) is 1. The first kappa shape index (κ1) is 7.75. The van der Waals surface area contributed by atoms with Gasteiger partial charge in [-0.1, -0.05) is 0 Å².